The van der Waals surface area contributed by atoms with Gasteiger partial charge in [0.2, 0.25) is 0 Å². The average Bonchev–Trinajstić information content (AvgIpc) is 2.75. The fourth-order valence-electron chi connectivity index (χ4n) is 2.51. The average molecular weight is 292 g/mol. The maximum Gasteiger partial charge on any atom is 0.154 e. The van der Waals surface area contributed by atoms with Crippen LogP contribution >= 0.6 is 0 Å². The van der Waals surface area contributed by atoms with Gasteiger partial charge in [0.25, 0.3) is 0 Å². The lowest BCUT2D eigenvalue weighted by Crippen LogP contribution is -2.25. The third-order valence-corrected chi connectivity index (χ3v) is 5.90. The maximum absolute atomic E-state index is 11.8. The minimum Gasteiger partial charge on any atom is -0.399 e. The molecule has 2 aromatic rings. The van der Waals surface area contributed by atoms with E-state index in [9.17, 15) is 8.42 Å². The summed E-state index contributed by atoms with van der Waals surface area (Å²) in [6.45, 7) is 0.388. The van der Waals surface area contributed by atoms with Gasteiger partial charge < -0.3 is 11.1 Å². The monoisotopic (exact) mass is 292 g/mol. The second-order valence-electron chi connectivity index (χ2n) is 5.01. The lowest BCUT2D eigenvalue weighted by Gasteiger charge is -2.12. The summed E-state index contributed by atoms with van der Waals surface area (Å²) in [5, 5.41) is 3.66. The molecule has 1 unspecified atom stereocenters. The van der Waals surface area contributed by atoms with Crippen LogP contribution < -0.4 is 11.1 Å². The van der Waals surface area contributed by atoms with E-state index >= 15 is 0 Å². The molecule has 0 amide bonds. The lowest BCUT2D eigenvalue weighted by molar-refractivity contribution is 0.591. The minimum absolute atomic E-state index is 0.292. The van der Waals surface area contributed by atoms with Crippen LogP contribution in [0.15, 0.2) is 24.5 Å². The highest BCUT2D eigenvalue weighted by Crippen LogP contribution is 2.24. The first kappa shape index (κ1) is 13.1. The molecule has 106 valence electrons. The summed E-state index contributed by atoms with van der Waals surface area (Å²) in [5.41, 5.74) is 7.11. The fourth-order valence-corrected chi connectivity index (χ4v) is 4.28. The van der Waals surface area contributed by atoms with Gasteiger partial charge in [-0.1, -0.05) is 0 Å². The van der Waals surface area contributed by atoms with E-state index in [1.165, 1.54) is 6.33 Å². The Bertz CT molecular complexity index is 745. The molecule has 0 saturated carbocycles. The van der Waals surface area contributed by atoms with Crippen LogP contribution in [0.3, 0.4) is 0 Å². The highest BCUT2D eigenvalue weighted by molar-refractivity contribution is 7.92. The lowest BCUT2D eigenvalue weighted by atomic mass is 10.2. The zero-order chi connectivity index (χ0) is 14.2. The first-order chi connectivity index (χ1) is 9.56. The summed E-state index contributed by atoms with van der Waals surface area (Å²) < 4.78 is 23.6. The first-order valence-electron chi connectivity index (χ1n) is 6.52. The molecule has 3 N–H and O–H groups in total. The standard InChI is InChI=1S/C13H16N4O2S/c14-9-3-4-11-12(6-9)16-8-17-13(11)15-7-10-2-1-5-20(10,18)19/h3-4,6,8,10H,1-2,5,7,14H2,(H,15,16,17). The fraction of sp³-hybridized carbons (Fsp3) is 0.385. The van der Waals surface area contributed by atoms with Crippen LogP contribution in [0.1, 0.15) is 12.8 Å². The number of hydrogen-bond acceptors (Lipinski definition) is 6. The van der Waals surface area contributed by atoms with Crippen molar-refractivity contribution in [3.05, 3.63) is 24.5 Å². The predicted molar refractivity (Wildman–Crippen MR) is 79.2 cm³/mol. The summed E-state index contributed by atoms with van der Waals surface area (Å²) in [6.07, 6.45) is 2.91. The second-order valence-corrected chi connectivity index (χ2v) is 7.41. The molecule has 0 radical (unpaired) electrons. The largest absolute Gasteiger partial charge is 0.399 e. The van der Waals surface area contributed by atoms with Crippen LogP contribution in [0.25, 0.3) is 10.9 Å². The number of anilines is 2. The Morgan fingerprint density at radius 2 is 2.20 bits per heavy atom. The van der Waals surface area contributed by atoms with Crippen LogP contribution in [0, 0.1) is 0 Å². The molecule has 1 aliphatic rings. The Balaban J connectivity index is 1.85. The highest BCUT2D eigenvalue weighted by Gasteiger charge is 2.30. The van der Waals surface area contributed by atoms with E-state index in [1.54, 1.807) is 12.1 Å². The van der Waals surface area contributed by atoms with Gasteiger partial charge in [-0.05, 0) is 31.0 Å². The van der Waals surface area contributed by atoms with Crippen LogP contribution in [0.4, 0.5) is 11.5 Å². The molecule has 0 aliphatic carbocycles. The third kappa shape index (κ3) is 2.40. The maximum atomic E-state index is 11.8. The molecule has 6 nitrogen and oxygen atoms in total. The number of nitrogens with zero attached hydrogens (tertiary/aromatic N) is 2. The van der Waals surface area contributed by atoms with Gasteiger partial charge in [0.05, 0.1) is 16.5 Å². The van der Waals surface area contributed by atoms with Crippen LogP contribution in [-0.2, 0) is 9.84 Å². The molecule has 0 spiro atoms. The summed E-state index contributed by atoms with van der Waals surface area (Å²) in [4.78, 5) is 8.35. The van der Waals surface area contributed by atoms with E-state index in [0.717, 1.165) is 17.3 Å². The number of benzene rings is 1. The van der Waals surface area contributed by atoms with Gasteiger partial charge in [0, 0.05) is 17.6 Å². The van der Waals surface area contributed by atoms with Crippen molar-refractivity contribution in [2.75, 3.05) is 23.3 Å². The van der Waals surface area contributed by atoms with Crippen molar-refractivity contribution in [3.8, 4) is 0 Å². The molecular formula is C13H16N4O2S. The molecule has 7 heteroatoms. The molecular weight excluding hydrogens is 276 g/mol. The predicted octanol–water partition coefficient (Wildman–Crippen LogP) is 1.20. The van der Waals surface area contributed by atoms with Gasteiger partial charge in [-0.25, -0.2) is 18.4 Å². The third-order valence-electron chi connectivity index (χ3n) is 3.62. The molecule has 3 rings (SSSR count). The van der Waals surface area contributed by atoms with Crippen molar-refractivity contribution in [1.29, 1.82) is 0 Å². The molecule has 1 aliphatic heterocycles. The van der Waals surface area contributed by atoms with E-state index in [2.05, 4.69) is 15.3 Å². The number of hydrogen-bond donors (Lipinski definition) is 2. The molecule has 1 atom stereocenters. The van der Waals surface area contributed by atoms with Crippen molar-refractivity contribution in [2.24, 2.45) is 0 Å². The van der Waals surface area contributed by atoms with E-state index in [4.69, 9.17) is 5.73 Å². The van der Waals surface area contributed by atoms with Gasteiger partial charge in [-0.2, -0.15) is 0 Å². The van der Waals surface area contributed by atoms with E-state index in [-0.39, 0.29) is 5.25 Å². The zero-order valence-corrected chi connectivity index (χ0v) is 11.7. The Hall–Kier alpha value is -1.89. The summed E-state index contributed by atoms with van der Waals surface area (Å²) in [6, 6.07) is 5.40. The molecule has 1 fully saturated rings. The summed E-state index contributed by atoms with van der Waals surface area (Å²) in [7, 11) is -2.94. The topological polar surface area (TPSA) is 98.0 Å². The Labute approximate surface area is 117 Å². The van der Waals surface area contributed by atoms with Crippen molar-refractivity contribution in [1.82, 2.24) is 9.97 Å². The van der Waals surface area contributed by atoms with Gasteiger partial charge in [0.1, 0.15) is 12.1 Å². The molecule has 1 aromatic carbocycles. The van der Waals surface area contributed by atoms with Gasteiger partial charge in [-0.3, -0.25) is 0 Å². The number of nitrogens with two attached hydrogens (primary N) is 1. The molecule has 1 saturated heterocycles. The molecule has 1 aromatic heterocycles. The number of rotatable bonds is 3. The Morgan fingerprint density at radius 3 is 2.95 bits per heavy atom. The van der Waals surface area contributed by atoms with Crippen molar-refractivity contribution >= 4 is 32.2 Å². The van der Waals surface area contributed by atoms with Crippen LogP contribution in [0.5, 0.6) is 0 Å². The van der Waals surface area contributed by atoms with Gasteiger partial charge in [0.15, 0.2) is 9.84 Å². The quantitative estimate of drug-likeness (QED) is 0.825. The number of nitrogen functional groups attached to an aromatic ring is 1. The second kappa shape index (κ2) is 4.90. The normalized spacial score (nSPS) is 21.1. The summed E-state index contributed by atoms with van der Waals surface area (Å²) in [5.74, 6) is 0.942. The number of sulfone groups is 1. The van der Waals surface area contributed by atoms with Gasteiger partial charge >= 0.3 is 0 Å². The Kier molecular flexibility index (Phi) is 3.21. The number of aromatic nitrogens is 2. The van der Waals surface area contributed by atoms with Crippen molar-refractivity contribution < 1.29 is 8.42 Å². The van der Waals surface area contributed by atoms with E-state index in [0.29, 0.717) is 30.2 Å². The molecule has 2 heterocycles. The molecule has 20 heavy (non-hydrogen) atoms. The SMILES string of the molecule is Nc1ccc2c(NCC3CCCS3(=O)=O)ncnc2c1. The minimum atomic E-state index is -2.94. The summed E-state index contributed by atoms with van der Waals surface area (Å²) >= 11 is 0. The zero-order valence-electron chi connectivity index (χ0n) is 10.9. The van der Waals surface area contributed by atoms with Crippen LogP contribution in [-0.4, -0.2) is 35.9 Å². The van der Waals surface area contributed by atoms with Crippen molar-refractivity contribution in [3.63, 3.8) is 0 Å². The number of nitrogens with one attached hydrogen (secondary N) is 1. The molecule has 0 bridgehead atoms. The van der Waals surface area contributed by atoms with Crippen LogP contribution in [0.2, 0.25) is 0 Å². The smallest absolute Gasteiger partial charge is 0.154 e. The first-order valence-corrected chi connectivity index (χ1v) is 8.23. The number of fused-ring (bicyclic) bond motifs is 1. The van der Waals surface area contributed by atoms with E-state index < -0.39 is 9.84 Å². The highest BCUT2D eigenvalue weighted by atomic mass is 32.2. The van der Waals surface area contributed by atoms with Gasteiger partial charge in [-0.15, -0.1) is 0 Å². The Morgan fingerprint density at radius 1 is 1.35 bits per heavy atom. The van der Waals surface area contributed by atoms with E-state index in [1.807, 2.05) is 6.07 Å². The van der Waals surface area contributed by atoms with Crippen molar-refractivity contribution in [2.45, 2.75) is 18.1 Å².